The van der Waals surface area contributed by atoms with Gasteiger partial charge in [0.15, 0.2) is 0 Å². The largest absolute Gasteiger partial charge is 0.306 e. The molecule has 0 radical (unpaired) electrons. The van der Waals surface area contributed by atoms with E-state index in [0.29, 0.717) is 6.04 Å². The van der Waals surface area contributed by atoms with Crippen LogP contribution in [0.5, 0.6) is 0 Å². The van der Waals surface area contributed by atoms with Crippen LogP contribution in [0.25, 0.3) is 0 Å². The Morgan fingerprint density at radius 2 is 1.60 bits per heavy atom. The highest BCUT2D eigenvalue weighted by Gasteiger charge is 2.08. The van der Waals surface area contributed by atoms with Crippen molar-refractivity contribution in [3.05, 3.63) is 69.8 Å². The summed E-state index contributed by atoms with van der Waals surface area (Å²) < 4.78 is 0. The number of aryl methyl sites for hydroxylation is 4. The smallest absolute Gasteiger partial charge is 0.0297 e. The van der Waals surface area contributed by atoms with Crippen LogP contribution in [-0.2, 0) is 6.54 Å². The van der Waals surface area contributed by atoms with E-state index in [1.807, 2.05) is 0 Å². The quantitative estimate of drug-likeness (QED) is 0.841. The molecule has 0 amide bonds. The second-order valence-electron chi connectivity index (χ2n) is 5.88. The summed E-state index contributed by atoms with van der Waals surface area (Å²) in [7, 11) is 0. The maximum Gasteiger partial charge on any atom is 0.0297 e. The van der Waals surface area contributed by atoms with Crippen molar-refractivity contribution in [2.24, 2.45) is 0 Å². The van der Waals surface area contributed by atoms with Crippen LogP contribution in [0.4, 0.5) is 0 Å². The van der Waals surface area contributed by atoms with Crippen LogP contribution >= 0.6 is 0 Å². The van der Waals surface area contributed by atoms with Gasteiger partial charge in [-0.1, -0.05) is 42.0 Å². The average Bonchev–Trinajstić information content (AvgIpc) is 2.40. The van der Waals surface area contributed by atoms with Gasteiger partial charge in [-0.3, -0.25) is 0 Å². The molecule has 0 aliphatic carbocycles. The fourth-order valence-electron chi connectivity index (χ4n) is 2.61. The van der Waals surface area contributed by atoms with Gasteiger partial charge in [-0.2, -0.15) is 0 Å². The van der Waals surface area contributed by atoms with Gasteiger partial charge in [0.05, 0.1) is 0 Å². The van der Waals surface area contributed by atoms with Crippen LogP contribution in [0, 0.1) is 27.7 Å². The zero-order chi connectivity index (χ0) is 14.7. The molecule has 0 saturated heterocycles. The van der Waals surface area contributed by atoms with Crippen molar-refractivity contribution < 1.29 is 0 Å². The summed E-state index contributed by atoms with van der Waals surface area (Å²) in [5.41, 5.74) is 8.15. The fraction of sp³-hybridized carbons (Fsp3) is 0.368. The summed E-state index contributed by atoms with van der Waals surface area (Å²) >= 11 is 0. The zero-order valence-corrected chi connectivity index (χ0v) is 13.2. The summed E-state index contributed by atoms with van der Waals surface area (Å²) in [6.45, 7) is 11.8. The molecular weight excluding hydrogens is 242 g/mol. The number of hydrogen-bond donors (Lipinski definition) is 1. The molecule has 0 aliphatic rings. The van der Waals surface area contributed by atoms with Gasteiger partial charge in [0.25, 0.3) is 0 Å². The van der Waals surface area contributed by atoms with Gasteiger partial charge in [-0.15, -0.1) is 0 Å². The van der Waals surface area contributed by atoms with Crippen molar-refractivity contribution >= 4 is 0 Å². The topological polar surface area (TPSA) is 12.0 Å². The predicted octanol–water partition coefficient (Wildman–Crippen LogP) is 4.77. The Bertz CT molecular complexity index is 599. The van der Waals surface area contributed by atoms with Crippen molar-refractivity contribution in [2.45, 2.75) is 47.2 Å². The minimum absolute atomic E-state index is 0.372. The molecule has 0 heterocycles. The first-order valence-electron chi connectivity index (χ1n) is 7.34. The summed E-state index contributed by atoms with van der Waals surface area (Å²) in [5.74, 6) is 0. The van der Waals surface area contributed by atoms with Crippen LogP contribution in [0.1, 0.15) is 46.3 Å². The van der Waals surface area contributed by atoms with Crippen molar-refractivity contribution in [3.63, 3.8) is 0 Å². The normalized spacial score (nSPS) is 12.4. The van der Waals surface area contributed by atoms with E-state index in [1.54, 1.807) is 0 Å². The second-order valence-corrected chi connectivity index (χ2v) is 5.88. The van der Waals surface area contributed by atoms with Gasteiger partial charge in [0, 0.05) is 12.6 Å². The van der Waals surface area contributed by atoms with E-state index in [1.165, 1.54) is 33.4 Å². The Hall–Kier alpha value is -1.60. The van der Waals surface area contributed by atoms with Crippen molar-refractivity contribution in [1.29, 1.82) is 0 Å². The van der Waals surface area contributed by atoms with Crippen LogP contribution in [0.15, 0.2) is 36.4 Å². The molecule has 0 aliphatic heterocycles. The first-order chi connectivity index (χ1) is 9.47. The predicted molar refractivity (Wildman–Crippen MR) is 87.1 cm³/mol. The van der Waals surface area contributed by atoms with Gasteiger partial charge in [-0.05, 0) is 62.4 Å². The maximum absolute atomic E-state index is 3.62. The molecule has 0 bridgehead atoms. The van der Waals surface area contributed by atoms with Gasteiger partial charge < -0.3 is 5.32 Å². The molecule has 0 spiro atoms. The van der Waals surface area contributed by atoms with Gasteiger partial charge in [0.1, 0.15) is 0 Å². The number of hydrogen-bond acceptors (Lipinski definition) is 1. The van der Waals surface area contributed by atoms with Crippen molar-refractivity contribution in [3.8, 4) is 0 Å². The second kappa shape index (κ2) is 6.23. The molecule has 0 fully saturated rings. The lowest BCUT2D eigenvalue weighted by Gasteiger charge is -2.17. The lowest BCUT2D eigenvalue weighted by Crippen LogP contribution is -2.19. The standard InChI is InChI=1S/C19H25N/c1-13-6-9-19(16(4)10-13)17(5)20-12-18-8-7-14(2)15(3)11-18/h6-11,17,20H,12H2,1-5H3. The monoisotopic (exact) mass is 267 g/mol. The van der Waals surface area contributed by atoms with E-state index in [9.17, 15) is 0 Å². The van der Waals surface area contributed by atoms with Gasteiger partial charge in [-0.25, -0.2) is 0 Å². The van der Waals surface area contributed by atoms with Crippen molar-refractivity contribution in [1.82, 2.24) is 5.32 Å². The molecule has 1 atom stereocenters. The highest BCUT2D eigenvalue weighted by Crippen LogP contribution is 2.19. The molecule has 1 unspecified atom stereocenters. The molecule has 2 aromatic carbocycles. The third kappa shape index (κ3) is 3.49. The number of nitrogens with one attached hydrogen (secondary N) is 1. The Balaban J connectivity index is 2.04. The summed E-state index contributed by atoms with van der Waals surface area (Å²) in [5, 5.41) is 3.62. The fourth-order valence-corrected chi connectivity index (χ4v) is 2.61. The van der Waals surface area contributed by atoms with Gasteiger partial charge >= 0.3 is 0 Å². The van der Waals surface area contributed by atoms with Crippen LogP contribution in [0.2, 0.25) is 0 Å². The first kappa shape index (κ1) is 14.8. The lowest BCUT2D eigenvalue weighted by molar-refractivity contribution is 0.572. The highest BCUT2D eigenvalue weighted by molar-refractivity contribution is 5.33. The van der Waals surface area contributed by atoms with Crippen LogP contribution in [-0.4, -0.2) is 0 Å². The van der Waals surface area contributed by atoms with Crippen molar-refractivity contribution in [2.75, 3.05) is 0 Å². The van der Waals surface area contributed by atoms with Gasteiger partial charge in [0.2, 0.25) is 0 Å². The minimum Gasteiger partial charge on any atom is -0.306 e. The number of benzene rings is 2. The summed E-state index contributed by atoms with van der Waals surface area (Å²) in [6, 6.07) is 13.7. The van der Waals surface area contributed by atoms with Crippen LogP contribution in [0.3, 0.4) is 0 Å². The molecule has 20 heavy (non-hydrogen) atoms. The Morgan fingerprint density at radius 1 is 0.850 bits per heavy atom. The third-order valence-corrected chi connectivity index (χ3v) is 4.08. The molecule has 0 saturated carbocycles. The Kier molecular flexibility index (Phi) is 4.61. The average molecular weight is 267 g/mol. The molecule has 2 rings (SSSR count). The SMILES string of the molecule is Cc1ccc(C(C)NCc2ccc(C)c(C)c2)c(C)c1. The van der Waals surface area contributed by atoms with E-state index >= 15 is 0 Å². The summed E-state index contributed by atoms with van der Waals surface area (Å²) in [4.78, 5) is 0. The highest BCUT2D eigenvalue weighted by atomic mass is 14.9. The minimum atomic E-state index is 0.372. The maximum atomic E-state index is 3.62. The van der Waals surface area contributed by atoms with E-state index in [2.05, 4.69) is 76.3 Å². The zero-order valence-electron chi connectivity index (χ0n) is 13.2. The van der Waals surface area contributed by atoms with E-state index in [0.717, 1.165) is 6.54 Å². The molecule has 1 heteroatoms. The summed E-state index contributed by atoms with van der Waals surface area (Å²) in [6.07, 6.45) is 0. The van der Waals surface area contributed by atoms with E-state index in [4.69, 9.17) is 0 Å². The van der Waals surface area contributed by atoms with Crippen LogP contribution < -0.4 is 5.32 Å². The third-order valence-electron chi connectivity index (χ3n) is 4.08. The Morgan fingerprint density at radius 3 is 2.25 bits per heavy atom. The van der Waals surface area contributed by atoms with E-state index < -0.39 is 0 Å². The lowest BCUT2D eigenvalue weighted by atomic mass is 10.00. The Labute approximate surface area is 123 Å². The molecule has 2 aromatic rings. The first-order valence-corrected chi connectivity index (χ1v) is 7.34. The molecule has 1 N–H and O–H groups in total. The molecular formula is C19H25N. The number of rotatable bonds is 4. The molecule has 0 aromatic heterocycles. The molecule has 1 nitrogen and oxygen atoms in total. The molecule has 106 valence electrons. The van der Waals surface area contributed by atoms with E-state index in [-0.39, 0.29) is 0 Å².